The number of allylic oxidation sites excluding steroid dienone is 5. The Kier molecular flexibility index (Phi) is 12.5. The summed E-state index contributed by atoms with van der Waals surface area (Å²) in [5.74, 6) is 0. The van der Waals surface area contributed by atoms with Gasteiger partial charge in [-0.1, -0.05) is 42.5 Å². The lowest BCUT2D eigenvalue weighted by molar-refractivity contribution is 0.00389. The third-order valence-corrected chi connectivity index (χ3v) is 5.27. The van der Waals surface area contributed by atoms with E-state index < -0.39 is 11.6 Å². The molecule has 0 saturated heterocycles. The number of hydrogen-bond donors (Lipinski definition) is 1. The van der Waals surface area contributed by atoms with Crippen molar-refractivity contribution in [1.29, 1.82) is 0 Å². The van der Waals surface area contributed by atoms with Crippen LogP contribution >= 0.6 is 0 Å². The third-order valence-electron chi connectivity index (χ3n) is 5.27. The fourth-order valence-electron chi connectivity index (χ4n) is 2.77. The minimum atomic E-state index is -0.582. The number of hydrogen-bond acceptors (Lipinski definition) is 6. The van der Waals surface area contributed by atoms with Crippen LogP contribution in [0.2, 0.25) is 0 Å². The summed E-state index contributed by atoms with van der Waals surface area (Å²) in [6.07, 6.45) is 9.77. The van der Waals surface area contributed by atoms with E-state index in [-0.39, 0.29) is 12.0 Å². The summed E-state index contributed by atoms with van der Waals surface area (Å²) in [7, 11) is 4.02. The van der Waals surface area contributed by atoms with Gasteiger partial charge < -0.3 is 29.2 Å². The highest BCUT2D eigenvalue weighted by atomic mass is 16.6. The highest BCUT2D eigenvalue weighted by Gasteiger charge is 2.27. The summed E-state index contributed by atoms with van der Waals surface area (Å²) in [6.45, 7) is 16.2. The molecule has 1 aliphatic rings. The first-order valence-corrected chi connectivity index (χ1v) is 11.1. The van der Waals surface area contributed by atoms with Gasteiger partial charge in [0, 0.05) is 12.0 Å². The number of ether oxygens (including phenoxy) is 4. The lowest BCUT2D eigenvalue weighted by Gasteiger charge is -2.28. The number of nitrogens with zero attached hydrogens (tertiary/aromatic N) is 1. The molecule has 32 heavy (non-hydrogen) atoms. The molecule has 1 unspecified atom stereocenters. The Bertz CT molecular complexity index is 682. The minimum Gasteiger partial charge on any atom is -0.447 e. The molecule has 0 aliphatic heterocycles. The largest absolute Gasteiger partial charge is 0.447 e. The number of carbonyl (C=O) groups excluding carboxylic acids is 1. The van der Waals surface area contributed by atoms with Crippen LogP contribution in [-0.4, -0.2) is 83.4 Å². The normalized spacial score (nSPS) is 18.4. The van der Waals surface area contributed by atoms with Gasteiger partial charge in [0.2, 0.25) is 0 Å². The van der Waals surface area contributed by atoms with Gasteiger partial charge in [-0.3, -0.25) is 0 Å². The Labute approximate surface area is 194 Å². The van der Waals surface area contributed by atoms with Gasteiger partial charge in [0.1, 0.15) is 6.61 Å². The third kappa shape index (κ3) is 11.1. The number of carbonyl (C=O) groups is 1. The van der Waals surface area contributed by atoms with Crippen molar-refractivity contribution in [2.45, 2.75) is 33.2 Å². The van der Waals surface area contributed by atoms with Crippen molar-refractivity contribution in [3.63, 3.8) is 0 Å². The van der Waals surface area contributed by atoms with Crippen molar-refractivity contribution >= 4 is 6.09 Å². The summed E-state index contributed by atoms with van der Waals surface area (Å²) in [4.78, 5) is 14.3. The van der Waals surface area contributed by atoms with Crippen molar-refractivity contribution in [2.24, 2.45) is 5.41 Å². The van der Waals surface area contributed by atoms with Crippen LogP contribution in [0.5, 0.6) is 0 Å². The molecule has 0 aromatic rings. The molecule has 0 saturated carbocycles. The smallest absolute Gasteiger partial charge is 0.407 e. The molecule has 182 valence electrons. The fourth-order valence-corrected chi connectivity index (χ4v) is 2.77. The maximum Gasteiger partial charge on any atom is 0.407 e. The molecular weight excluding hydrogens is 408 g/mol. The number of alkyl carbamates (subject to hydrolysis) is 1. The molecule has 0 aromatic carbocycles. The molecule has 0 radical (unpaired) electrons. The Morgan fingerprint density at radius 1 is 1.03 bits per heavy atom. The Balaban J connectivity index is 2.18. The molecule has 0 heterocycles. The van der Waals surface area contributed by atoms with E-state index >= 15 is 0 Å². The van der Waals surface area contributed by atoms with Gasteiger partial charge in [0.25, 0.3) is 0 Å². The van der Waals surface area contributed by atoms with Crippen molar-refractivity contribution in [1.82, 2.24) is 10.2 Å². The zero-order valence-corrected chi connectivity index (χ0v) is 20.7. The summed E-state index contributed by atoms with van der Waals surface area (Å²) in [6, 6.07) is 0. The lowest BCUT2D eigenvalue weighted by atomic mass is 9.83. The van der Waals surface area contributed by atoms with Gasteiger partial charge in [0.05, 0.1) is 45.2 Å². The standard InChI is InChI=1S/C25H42N2O5/c1-21(2)25(5)11-8-9-22(10-12-25)24(3,4)26-23(28)32-20-19-31-18-17-30-16-15-29-14-13-27(6)7/h8-12H,1,13-20H2,2-7H3,(H,26,28). The average molecular weight is 451 g/mol. The molecule has 0 bridgehead atoms. The van der Waals surface area contributed by atoms with Gasteiger partial charge in [-0.2, -0.15) is 0 Å². The number of nitrogens with one attached hydrogen (secondary N) is 1. The van der Waals surface area contributed by atoms with Crippen LogP contribution in [0.25, 0.3) is 0 Å². The molecule has 7 heteroatoms. The van der Waals surface area contributed by atoms with Crippen LogP contribution in [-0.2, 0) is 18.9 Å². The monoisotopic (exact) mass is 450 g/mol. The van der Waals surface area contributed by atoms with Gasteiger partial charge in [-0.25, -0.2) is 4.79 Å². The van der Waals surface area contributed by atoms with E-state index in [9.17, 15) is 4.79 Å². The Morgan fingerprint density at radius 3 is 2.16 bits per heavy atom. The molecule has 0 fully saturated rings. The molecule has 1 atom stereocenters. The summed E-state index contributed by atoms with van der Waals surface area (Å²) < 4.78 is 21.6. The summed E-state index contributed by atoms with van der Waals surface area (Å²) in [5.41, 5.74) is 1.26. The molecule has 1 aliphatic carbocycles. The molecule has 0 spiro atoms. The molecular formula is C25H42N2O5. The number of rotatable bonds is 15. The van der Waals surface area contributed by atoms with Crippen molar-refractivity contribution < 1.29 is 23.7 Å². The second kappa shape index (κ2) is 14.3. The van der Waals surface area contributed by atoms with Crippen molar-refractivity contribution in [2.75, 3.05) is 66.9 Å². The first-order chi connectivity index (χ1) is 15.1. The van der Waals surface area contributed by atoms with Crippen LogP contribution in [0.4, 0.5) is 4.79 Å². The molecule has 1 amide bonds. The zero-order chi connectivity index (χ0) is 24.0. The summed E-state index contributed by atoms with van der Waals surface area (Å²) in [5, 5.41) is 2.92. The highest BCUT2D eigenvalue weighted by molar-refractivity contribution is 5.69. The van der Waals surface area contributed by atoms with Crippen molar-refractivity contribution in [3.05, 3.63) is 48.1 Å². The minimum absolute atomic E-state index is 0.179. The van der Waals surface area contributed by atoms with E-state index in [0.717, 1.165) is 17.7 Å². The van der Waals surface area contributed by atoms with Gasteiger partial charge in [-0.05, 0) is 47.4 Å². The van der Waals surface area contributed by atoms with Crippen LogP contribution in [0.1, 0.15) is 27.7 Å². The Morgan fingerprint density at radius 2 is 1.59 bits per heavy atom. The van der Waals surface area contributed by atoms with E-state index in [4.69, 9.17) is 18.9 Å². The zero-order valence-electron chi connectivity index (χ0n) is 20.7. The maximum atomic E-state index is 12.2. The van der Waals surface area contributed by atoms with Crippen LogP contribution in [0, 0.1) is 5.41 Å². The van der Waals surface area contributed by atoms with E-state index in [2.05, 4.69) is 35.9 Å². The van der Waals surface area contributed by atoms with Crippen LogP contribution in [0.3, 0.4) is 0 Å². The van der Waals surface area contributed by atoms with Crippen LogP contribution < -0.4 is 5.32 Å². The van der Waals surface area contributed by atoms with Gasteiger partial charge >= 0.3 is 6.09 Å². The quantitative estimate of drug-likeness (QED) is 0.303. The molecule has 7 nitrogen and oxygen atoms in total. The topological polar surface area (TPSA) is 69.3 Å². The van der Waals surface area contributed by atoms with Gasteiger partial charge in [-0.15, -0.1) is 0 Å². The Hall–Kier alpha value is -1.93. The van der Waals surface area contributed by atoms with E-state index in [1.165, 1.54) is 0 Å². The van der Waals surface area contributed by atoms with Crippen molar-refractivity contribution in [3.8, 4) is 0 Å². The van der Waals surface area contributed by atoms with E-state index in [1.54, 1.807) is 0 Å². The first kappa shape index (κ1) is 28.1. The second-order valence-electron chi connectivity index (χ2n) is 8.90. The SMILES string of the molecule is C=C(C)C1(C)C=CC=C(C(C)(C)NC(=O)OCCOCCOCCOCCN(C)C)C=C1. The predicted molar refractivity (Wildman–Crippen MR) is 129 cm³/mol. The number of likely N-dealkylation sites (N-methyl/N-ethyl adjacent to an activating group) is 1. The highest BCUT2D eigenvalue weighted by Crippen LogP contribution is 2.32. The summed E-state index contributed by atoms with van der Waals surface area (Å²) >= 11 is 0. The molecule has 1 rings (SSSR count). The van der Waals surface area contributed by atoms with E-state index in [0.29, 0.717) is 39.6 Å². The van der Waals surface area contributed by atoms with Crippen LogP contribution in [0.15, 0.2) is 48.1 Å². The lowest BCUT2D eigenvalue weighted by Crippen LogP contribution is -2.45. The fraction of sp³-hybridized carbons (Fsp3) is 0.640. The predicted octanol–water partition coefficient (Wildman–Crippen LogP) is 3.74. The number of amides is 1. The maximum absolute atomic E-state index is 12.2. The van der Waals surface area contributed by atoms with Gasteiger partial charge in [0.15, 0.2) is 0 Å². The van der Waals surface area contributed by atoms with E-state index in [1.807, 2.05) is 53.1 Å². The second-order valence-corrected chi connectivity index (χ2v) is 8.90. The first-order valence-electron chi connectivity index (χ1n) is 11.1. The molecule has 1 N–H and O–H groups in total. The average Bonchev–Trinajstić information content (AvgIpc) is 2.91. The molecule has 0 aromatic heterocycles.